The Bertz CT molecular complexity index is 581. The van der Waals surface area contributed by atoms with Crippen LogP contribution in [0, 0.1) is 0 Å². The van der Waals surface area contributed by atoms with E-state index >= 15 is 0 Å². The number of carbonyl (C=O) groups excluding carboxylic acids is 1. The maximum Gasteiger partial charge on any atom is 0.410 e. The first kappa shape index (κ1) is 15.6. The van der Waals surface area contributed by atoms with Crippen LogP contribution in [0.15, 0.2) is 12.1 Å². The minimum absolute atomic E-state index is 0.301. The van der Waals surface area contributed by atoms with E-state index in [1.54, 1.807) is 11.0 Å². The molecule has 0 unspecified atom stereocenters. The average Bonchev–Trinajstić information content (AvgIpc) is 2.40. The number of nitrogen functional groups attached to an aromatic ring is 1. The van der Waals surface area contributed by atoms with Gasteiger partial charge in [0.05, 0.1) is 0 Å². The largest absolute Gasteiger partial charge is 0.444 e. The third-order valence-corrected chi connectivity index (χ3v) is 3.18. The van der Waals surface area contributed by atoms with E-state index in [1.165, 1.54) is 0 Å². The highest BCUT2D eigenvalue weighted by Crippen LogP contribution is 2.27. The van der Waals surface area contributed by atoms with Crippen LogP contribution in [0.25, 0.3) is 5.57 Å². The number of rotatable bonds is 1. The Kier molecular flexibility index (Phi) is 4.37. The van der Waals surface area contributed by atoms with E-state index in [4.69, 9.17) is 22.1 Å². The fourth-order valence-corrected chi connectivity index (χ4v) is 2.19. The minimum atomic E-state index is -0.492. The lowest BCUT2D eigenvalue weighted by atomic mass is 10.0. The number of amides is 1. The predicted molar refractivity (Wildman–Crippen MR) is 81.9 cm³/mol. The molecule has 1 amide bonds. The van der Waals surface area contributed by atoms with Gasteiger partial charge in [0.2, 0.25) is 0 Å². The van der Waals surface area contributed by atoms with Gasteiger partial charge in [0.25, 0.3) is 0 Å². The van der Waals surface area contributed by atoms with Crippen LogP contribution in [0.4, 0.5) is 10.6 Å². The average molecular weight is 311 g/mol. The molecular formula is C14H19ClN4O2. The van der Waals surface area contributed by atoms with Gasteiger partial charge in [-0.1, -0.05) is 17.7 Å². The van der Waals surface area contributed by atoms with Crippen LogP contribution in [0.3, 0.4) is 0 Å². The lowest BCUT2D eigenvalue weighted by molar-refractivity contribution is 0.0270. The topological polar surface area (TPSA) is 81.3 Å². The number of ether oxygens (including phenoxy) is 1. The van der Waals surface area contributed by atoms with Crippen LogP contribution in [0.5, 0.6) is 0 Å². The number of anilines is 1. The molecular weight excluding hydrogens is 292 g/mol. The Morgan fingerprint density at radius 1 is 1.43 bits per heavy atom. The Hall–Kier alpha value is -1.82. The molecule has 0 bridgehead atoms. The molecule has 0 aliphatic carbocycles. The summed E-state index contributed by atoms with van der Waals surface area (Å²) in [5.74, 6) is 0.344. The van der Waals surface area contributed by atoms with E-state index in [9.17, 15) is 4.79 Å². The van der Waals surface area contributed by atoms with Gasteiger partial charge in [0.15, 0.2) is 11.0 Å². The summed E-state index contributed by atoms with van der Waals surface area (Å²) in [4.78, 5) is 13.6. The maximum absolute atomic E-state index is 12.0. The van der Waals surface area contributed by atoms with Gasteiger partial charge in [-0.15, -0.1) is 10.2 Å². The van der Waals surface area contributed by atoms with Gasteiger partial charge in [-0.2, -0.15) is 0 Å². The number of nitrogens with two attached hydrogens (primary N) is 1. The quantitative estimate of drug-likeness (QED) is 0.862. The van der Waals surface area contributed by atoms with Crippen LogP contribution in [-0.4, -0.2) is 39.9 Å². The third kappa shape index (κ3) is 4.07. The lowest BCUT2D eigenvalue weighted by Crippen LogP contribution is -2.39. The Labute approximate surface area is 128 Å². The first-order valence-corrected chi connectivity index (χ1v) is 7.10. The lowest BCUT2D eigenvalue weighted by Gasteiger charge is -2.29. The molecule has 0 fully saturated rings. The van der Waals surface area contributed by atoms with E-state index in [0.29, 0.717) is 30.5 Å². The SMILES string of the molecule is CC(C)(C)OC(=O)N1CC=C(c2cc(Cl)nnc2N)CC1. The molecule has 0 spiro atoms. The number of hydrogen-bond donors (Lipinski definition) is 1. The number of hydrogen-bond acceptors (Lipinski definition) is 5. The summed E-state index contributed by atoms with van der Waals surface area (Å²) in [6.45, 7) is 6.59. The highest BCUT2D eigenvalue weighted by molar-refractivity contribution is 6.29. The van der Waals surface area contributed by atoms with Crippen molar-refractivity contribution in [1.29, 1.82) is 0 Å². The number of aromatic nitrogens is 2. The van der Waals surface area contributed by atoms with Crippen molar-refractivity contribution in [2.45, 2.75) is 32.8 Å². The van der Waals surface area contributed by atoms with Crippen molar-refractivity contribution >= 4 is 29.1 Å². The van der Waals surface area contributed by atoms with E-state index in [2.05, 4.69) is 10.2 Å². The van der Waals surface area contributed by atoms with Crippen molar-refractivity contribution in [2.75, 3.05) is 18.8 Å². The second-order valence-electron chi connectivity index (χ2n) is 5.87. The predicted octanol–water partition coefficient (Wildman–Crippen LogP) is 2.74. The second-order valence-corrected chi connectivity index (χ2v) is 6.26. The molecule has 21 heavy (non-hydrogen) atoms. The van der Waals surface area contributed by atoms with Crippen molar-refractivity contribution in [3.8, 4) is 0 Å². The molecule has 1 aromatic rings. The monoisotopic (exact) mass is 310 g/mol. The minimum Gasteiger partial charge on any atom is -0.444 e. The van der Waals surface area contributed by atoms with E-state index in [-0.39, 0.29) is 6.09 Å². The maximum atomic E-state index is 12.0. The van der Waals surface area contributed by atoms with Crippen LogP contribution < -0.4 is 5.73 Å². The first-order chi connectivity index (χ1) is 9.76. The van der Waals surface area contributed by atoms with Crippen molar-refractivity contribution in [3.05, 3.63) is 22.9 Å². The number of nitrogens with zero attached hydrogens (tertiary/aromatic N) is 3. The molecule has 0 saturated heterocycles. The van der Waals surface area contributed by atoms with Gasteiger partial charge >= 0.3 is 6.09 Å². The smallest absolute Gasteiger partial charge is 0.410 e. The Balaban J connectivity index is 2.08. The summed E-state index contributed by atoms with van der Waals surface area (Å²) in [5.41, 5.74) is 7.12. The summed E-state index contributed by atoms with van der Waals surface area (Å²) in [6.07, 6.45) is 2.31. The van der Waals surface area contributed by atoms with Gasteiger partial charge in [-0.3, -0.25) is 0 Å². The van der Waals surface area contributed by atoms with Gasteiger partial charge < -0.3 is 15.4 Å². The molecule has 2 rings (SSSR count). The van der Waals surface area contributed by atoms with E-state index in [1.807, 2.05) is 26.8 Å². The molecule has 1 aromatic heterocycles. The van der Waals surface area contributed by atoms with Crippen LogP contribution in [0.1, 0.15) is 32.8 Å². The van der Waals surface area contributed by atoms with Crippen molar-refractivity contribution in [2.24, 2.45) is 0 Å². The zero-order chi connectivity index (χ0) is 15.6. The Morgan fingerprint density at radius 2 is 2.14 bits per heavy atom. The summed E-state index contributed by atoms with van der Waals surface area (Å²) in [6, 6.07) is 1.69. The standard InChI is InChI=1S/C14H19ClN4O2/c1-14(2,3)21-13(20)19-6-4-9(5-7-19)10-8-11(15)17-18-12(10)16/h4,8H,5-7H2,1-3H3,(H2,16,18). The van der Waals surface area contributed by atoms with Gasteiger partial charge in [0.1, 0.15) is 5.60 Å². The highest BCUT2D eigenvalue weighted by Gasteiger charge is 2.24. The zero-order valence-corrected chi connectivity index (χ0v) is 13.1. The molecule has 0 saturated carbocycles. The molecule has 0 atom stereocenters. The number of halogens is 1. The molecule has 1 aliphatic rings. The molecule has 7 heteroatoms. The van der Waals surface area contributed by atoms with Gasteiger partial charge in [-0.25, -0.2) is 4.79 Å². The number of carbonyl (C=O) groups is 1. The normalized spacial score (nSPS) is 15.6. The molecule has 6 nitrogen and oxygen atoms in total. The van der Waals surface area contributed by atoms with E-state index in [0.717, 1.165) is 11.1 Å². The zero-order valence-electron chi connectivity index (χ0n) is 12.4. The first-order valence-electron chi connectivity index (χ1n) is 6.72. The molecule has 0 radical (unpaired) electrons. The fourth-order valence-electron chi connectivity index (χ4n) is 2.04. The van der Waals surface area contributed by atoms with E-state index < -0.39 is 5.60 Å². The van der Waals surface area contributed by atoms with Crippen LogP contribution in [-0.2, 0) is 4.74 Å². The van der Waals surface area contributed by atoms with Crippen molar-refractivity contribution < 1.29 is 9.53 Å². The molecule has 114 valence electrons. The van der Waals surface area contributed by atoms with Gasteiger partial charge in [-0.05, 0) is 38.8 Å². The molecule has 0 aromatic carbocycles. The Morgan fingerprint density at radius 3 is 2.71 bits per heavy atom. The third-order valence-electron chi connectivity index (χ3n) is 3.00. The molecule has 1 aliphatic heterocycles. The van der Waals surface area contributed by atoms with Crippen molar-refractivity contribution in [1.82, 2.24) is 15.1 Å². The van der Waals surface area contributed by atoms with Crippen LogP contribution in [0.2, 0.25) is 5.15 Å². The summed E-state index contributed by atoms with van der Waals surface area (Å²) in [5, 5.41) is 7.80. The summed E-state index contributed by atoms with van der Waals surface area (Å²) in [7, 11) is 0. The molecule has 2 heterocycles. The summed E-state index contributed by atoms with van der Waals surface area (Å²) >= 11 is 5.85. The molecule has 2 N–H and O–H groups in total. The second kappa shape index (κ2) is 5.89. The van der Waals surface area contributed by atoms with Crippen molar-refractivity contribution in [3.63, 3.8) is 0 Å². The highest BCUT2D eigenvalue weighted by atomic mass is 35.5. The fraction of sp³-hybridized carbons (Fsp3) is 0.500. The summed E-state index contributed by atoms with van der Waals surface area (Å²) < 4.78 is 5.35. The van der Waals surface area contributed by atoms with Gasteiger partial charge in [0, 0.05) is 18.7 Å². The van der Waals surface area contributed by atoms with Crippen LogP contribution >= 0.6 is 11.6 Å².